The van der Waals surface area contributed by atoms with Crippen LogP contribution >= 0.6 is 37.1 Å². The molecule has 3 aliphatic carbocycles. The van der Waals surface area contributed by atoms with Crippen LogP contribution in [-0.2, 0) is 12.6 Å². The Labute approximate surface area is 255 Å². The van der Waals surface area contributed by atoms with Crippen molar-refractivity contribution >= 4 is 58.3 Å². The molecule has 0 spiro atoms. The van der Waals surface area contributed by atoms with Crippen LogP contribution in [0.25, 0.3) is 0 Å². The van der Waals surface area contributed by atoms with E-state index in [1.54, 1.807) is 0 Å². The third kappa shape index (κ3) is 14.9. The van der Waals surface area contributed by atoms with E-state index in [0.29, 0.717) is 16.4 Å². The van der Waals surface area contributed by atoms with E-state index in [2.05, 4.69) is 48.5 Å². The summed E-state index contributed by atoms with van der Waals surface area (Å²) >= 11 is 19.4. The van der Waals surface area contributed by atoms with Crippen molar-refractivity contribution in [2.75, 3.05) is 19.6 Å². The number of nitrogens with one attached hydrogen (secondary N) is 1. The second-order valence-corrected chi connectivity index (χ2v) is 11.7. The van der Waals surface area contributed by atoms with E-state index in [0.717, 1.165) is 30.0 Å². The molecule has 0 aromatic heterocycles. The Morgan fingerprint density at radius 2 is 1.12 bits per heavy atom. The zero-order valence-corrected chi connectivity index (χ0v) is 27.9. The Morgan fingerprint density at radius 1 is 0.735 bits per heavy atom. The maximum Gasteiger partial charge on any atom is 1.00 e. The largest absolute Gasteiger partial charge is 1.00 e. The summed E-state index contributed by atoms with van der Waals surface area (Å²) in [5.41, 5.74) is 0. The van der Waals surface area contributed by atoms with Crippen LogP contribution in [0.4, 0.5) is 0 Å². The molecule has 0 radical (unpaired) electrons. The monoisotopic (exact) mass is 555 g/mol. The van der Waals surface area contributed by atoms with Gasteiger partial charge < -0.3 is 40.0 Å². The number of rotatable bonds is 6. The van der Waals surface area contributed by atoms with Crippen molar-refractivity contribution in [1.29, 1.82) is 0 Å². The van der Waals surface area contributed by atoms with Crippen LogP contribution in [0.15, 0.2) is 0 Å². The average molecular weight is 556 g/mol. The van der Waals surface area contributed by atoms with E-state index < -0.39 is 0 Å². The van der Waals surface area contributed by atoms with E-state index in [4.69, 9.17) is 37.1 Å². The molecule has 0 aromatic carbocycles. The predicted molar refractivity (Wildman–Crippen MR) is 161 cm³/mol. The van der Waals surface area contributed by atoms with Gasteiger partial charge in [-0.2, -0.15) is 0 Å². The summed E-state index contributed by atoms with van der Waals surface area (Å²) in [6, 6.07) is 2.17. The van der Waals surface area contributed by atoms with Gasteiger partial charge in [-0.15, -0.1) is 12.6 Å². The van der Waals surface area contributed by atoms with Crippen molar-refractivity contribution in [2.45, 2.75) is 135 Å². The Kier molecular flexibility index (Phi) is 23.2. The van der Waals surface area contributed by atoms with Crippen molar-refractivity contribution in [3.05, 3.63) is 0 Å². The van der Waals surface area contributed by atoms with Crippen LogP contribution < -0.4 is 34.9 Å². The van der Waals surface area contributed by atoms with E-state index in [9.17, 15) is 0 Å². The molecule has 3 fully saturated rings. The number of hydrogen-bond acceptors (Lipinski definition) is 4. The fourth-order valence-corrected chi connectivity index (χ4v) is 6.61. The summed E-state index contributed by atoms with van der Waals surface area (Å²) in [6.07, 6.45) is 20.5. The molecule has 8 heteroatoms. The Balaban J connectivity index is 0.000000479. The van der Waals surface area contributed by atoms with Gasteiger partial charge in [0.05, 0.1) is 0 Å². The van der Waals surface area contributed by atoms with Crippen molar-refractivity contribution in [1.82, 2.24) is 15.1 Å². The molecule has 0 atom stereocenters. The first-order valence-electron chi connectivity index (χ1n) is 13.6. The topological polar surface area (TPSA) is 18.5 Å². The quantitative estimate of drug-likeness (QED) is 0.219. The minimum Gasteiger partial charge on any atom is -0.411 e. The molecule has 0 heterocycles. The van der Waals surface area contributed by atoms with Crippen LogP contribution in [0.2, 0.25) is 0 Å². The maximum atomic E-state index is 5.09. The molecule has 3 nitrogen and oxygen atoms in total. The van der Waals surface area contributed by atoms with Gasteiger partial charge in [0.15, 0.2) is 0 Å². The van der Waals surface area contributed by atoms with E-state index in [-0.39, 0.29) is 29.6 Å². The molecule has 3 aliphatic rings. The normalized spacial score (nSPS) is 19.4. The number of thiol groups is 1. The van der Waals surface area contributed by atoms with E-state index >= 15 is 0 Å². The molecular formula is C26H50N3NaS4. The SMILES string of the molecule is CCN(C(=S)S)C1CCCCC1.CCN(C(=S)[S-])C1CCCCC1.CCNC1CCCCC1.[Na+]. The fraction of sp³-hybridized carbons (Fsp3) is 0.923. The van der Waals surface area contributed by atoms with Crippen LogP contribution in [-0.4, -0.2) is 56.2 Å². The van der Waals surface area contributed by atoms with Gasteiger partial charge in [-0.3, -0.25) is 0 Å². The molecule has 3 rings (SSSR count). The fourth-order valence-electron chi connectivity index (χ4n) is 5.47. The van der Waals surface area contributed by atoms with Crippen molar-refractivity contribution in [3.63, 3.8) is 0 Å². The minimum atomic E-state index is 0. The first kappa shape index (κ1) is 35.3. The van der Waals surface area contributed by atoms with Gasteiger partial charge >= 0.3 is 29.6 Å². The summed E-state index contributed by atoms with van der Waals surface area (Å²) in [7, 11) is 0. The maximum absolute atomic E-state index is 5.09. The van der Waals surface area contributed by atoms with Gasteiger partial charge in [-0.25, -0.2) is 0 Å². The number of thiocarbonyl (C=S) groups is 2. The summed E-state index contributed by atoms with van der Waals surface area (Å²) in [4.78, 5) is 4.45. The third-order valence-corrected chi connectivity index (χ3v) is 8.25. The summed E-state index contributed by atoms with van der Waals surface area (Å²) < 4.78 is 1.42. The second-order valence-electron chi connectivity index (χ2n) is 9.60. The van der Waals surface area contributed by atoms with Gasteiger partial charge in [0, 0.05) is 31.2 Å². The zero-order valence-electron chi connectivity index (χ0n) is 22.5. The molecule has 194 valence electrons. The average Bonchev–Trinajstić information content (AvgIpc) is 2.83. The Morgan fingerprint density at radius 3 is 1.44 bits per heavy atom. The summed E-state index contributed by atoms with van der Waals surface area (Å²) in [6.45, 7) is 9.60. The molecule has 1 N–H and O–H groups in total. The smallest absolute Gasteiger partial charge is 0.411 e. The van der Waals surface area contributed by atoms with Gasteiger partial charge in [-0.05, 0) is 58.9 Å². The zero-order chi connectivity index (χ0) is 24.5. The number of nitrogens with zero attached hydrogens (tertiary/aromatic N) is 2. The molecule has 3 saturated carbocycles. The van der Waals surface area contributed by atoms with Crippen molar-refractivity contribution in [2.24, 2.45) is 0 Å². The van der Waals surface area contributed by atoms with Crippen LogP contribution in [0, 0.1) is 0 Å². The number of hydrogen-bond donors (Lipinski definition) is 2. The molecule has 0 saturated heterocycles. The second kappa shape index (κ2) is 22.3. The molecular weight excluding hydrogens is 506 g/mol. The van der Waals surface area contributed by atoms with Crippen LogP contribution in [0.1, 0.15) is 117 Å². The van der Waals surface area contributed by atoms with Crippen molar-refractivity contribution < 1.29 is 29.6 Å². The molecule has 0 unspecified atom stereocenters. The Bertz CT molecular complexity index is 481. The van der Waals surface area contributed by atoms with Gasteiger partial charge in [0.25, 0.3) is 0 Å². The molecule has 0 aromatic rings. The summed E-state index contributed by atoms with van der Waals surface area (Å²) in [5.74, 6) is 0. The first-order chi connectivity index (χ1) is 15.9. The summed E-state index contributed by atoms with van der Waals surface area (Å²) in [5, 5.41) is 3.48. The van der Waals surface area contributed by atoms with Crippen LogP contribution in [0.3, 0.4) is 0 Å². The molecule has 34 heavy (non-hydrogen) atoms. The van der Waals surface area contributed by atoms with E-state index in [1.807, 2.05) is 0 Å². The van der Waals surface area contributed by atoms with Gasteiger partial charge in [0.1, 0.15) is 4.32 Å². The minimum absolute atomic E-state index is 0. The predicted octanol–water partition coefficient (Wildman–Crippen LogP) is 4.26. The molecule has 0 aliphatic heterocycles. The van der Waals surface area contributed by atoms with Gasteiger partial charge in [-0.1, -0.05) is 81.2 Å². The molecule has 0 amide bonds. The van der Waals surface area contributed by atoms with Crippen LogP contribution in [0.5, 0.6) is 0 Å². The van der Waals surface area contributed by atoms with E-state index in [1.165, 1.54) is 96.3 Å². The van der Waals surface area contributed by atoms with Gasteiger partial charge in [0.2, 0.25) is 0 Å². The third-order valence-electron chi connectivity index (χ3n) is 7.29. The molecule has 0 bridgehead atoms. The van der Waals surface area contributed by atoms with Crippen molar-refractivity contribution in [3.8, 4) is 0 Å². The first-order valence-corrected chi connectivity index (χ1v) is 15.3. The standard InChI is InChI=1S/2C9H17NS2.C8H17N.Na/c2*1-2-10(9(11)12)8-6-4-3-5-7-8;1-2-9-8-6-4-3-5-7-8;/h2*8H,2-7H2,1H3,(H,11,12);8-9H,2-7H2,1H3;/q;;;+1/p-1. The Hall–Kier alpha value is 1.31.